The van der Waals surface area contributed by atoms with Crippen LogP contribution >= 0.6 is 0 Å². The molecule has 1 heterocycles. The molecular formula is C7H12O3. The van der Waals surface area contributed by atoms with Gasteiger partial charge in [-0.05, 0) is 0 Å². The Bertz CT molecular complexity index is 105. The topological polar surface area (TPSA) is 38.7 Å². The Hall–Kier alpha value is -0.380. The van der Waals surface area contributed by atoms with Gasteiger partial charge in [0.05, 0.1) is 13.2 Å². The summed E-state index contributed by atoms with van der Waals surface area (Å²) in [4.78, 5) is 0. The third kappa shape index (κ3) is 2.10. The van der Waals surface area contributed by atoms with Crippen molar-refractivity contribution in [2.24, 2.45) is 0 Å². The van der Waals surface area contributed by atoms with Gasteiger partial charge < -0.3 is 14.6 Å². The van der Waals surface area contributed by atoms with Gasteiger partial charge in [-0.1, -0.05) is 6.08 Å². The van der Waals surface area contributed by atoms with Gasteiger partial charge in [0.1, 0.15) is 6.10 Å². The number of hydrogen-bond acceptors (Lipinski definition) is 3. The van der Waals surface area contributed by atoms with Gasteiger partial charge in [0.2, 0.25) is 0 Å². The zero-order valence-electron chi connectivity index (χ0n) is 5.82. The highest BCUT2D eigenvalue weighted by Crippen LogP contribution is 2.08. The van der Waals surface area contributed by atoms with Crippen molar-refractivity contribution in [1.29, 1.82) is 0 Å². The molecule has 1 saturated heterocycles. The van der Waals surface area contributed by atoms with E-state index in [1.165, 1.54) is 0 Å². The fraction of sp³-hybridized carbons (Fsp3) is 0.714. The minimum absolute atomic E-state index is 0.194. The Morgan fingerprint density at radius 1 is 1.50 bits per heavy atom. The molecule has 3 nitrogen and oxygen atoms in total. The summed E-state index contributed by atoms with van der Waals surface area (Å²) in [6.07, 6.45) is 1.77. The van der Waals surface area contributed by atoms with Crippen LogP contribution in [0.25, 0.3) is 0 Å². The molecule has 0 unspecified atom stereocenters. The van der Waals surface area contributed by atoms with Crippen LogP contribution in [0.4, 0.5) is 0 Å². The lowest BCUT2D eigenvalue weighted by atomic mass is 10.3. The van der Waals surface area contributed by atoms with E-state index in [9.17, 15) is 0 Å². The molecule has 0 saturated carbocycles. The molecule has 1 rings (SSSR count). The first-order valence-corrected chi connectivity index (χ1v) is 3.35. The monoisotopic (exact) mass is 144 g/mol. The van der Waals surface area contributed by atoms with Crippen LogP contribution in [0.2, 0.25) is 0 Å². The summed E-state index contributed by atoms with van der Waals surface area (Å²) in [5.74, 6) is 0. The molecular weight excluding hydrogens is 132 g/mol. The largest absolute Gasteiger partial charge is 0.388 e. The van der Waals surface area contributed by atoms with Gasteiger partial charge in [-0.15, -0.1) is 6.58 Å². The smallest absolute Gasteiger partial charge is 0.161 e. The third-order valence-corrected chi connectivity index (χ3v) is 1.31. The van der Waals surface area contributed by atoms with Crippen LogP contribution in [0.5, 0.6) is 0 Å². The predicted molar refractivity (Wildman–Crippen MR) is 36.5 cm³/mol. The summed E-state index contributed by atoms with van der Waals surface area (Å²) in [5, 5.41) is 8.92. The van der Waals surface area contributed by atoms with Gasteiger partial charge in [-0.25, -0.2) is 0 Å². The molecule has 58 valence electrons. The Morgan fingerprint density at radius 3 is 2.60 bits per heavy atom. The number of rotatable bonds is 2. The highest BCUT2D eigenvalue weighted by molar-refractivity contribution is 4.71. The van der Waals surface area contributed by atoms with Crippen molar-refractivity contribution < 1.29 is 14.6 Å². The summed E-state index contributed by atoms with van der Waals surface area (Å²) in [6, 6.07) is 0. The van der Waals surface area contributed by atoms with Crippen molar-refractivity contribution in [1.82, 2.24) is 0 Å². The van der Waals surface area contributed by atoms with Crippen LogP contribution in [0, 0.1) is 0 Å². The highest BCUT2D eigenvalue weighted by Gasteiger charge is 2.18. The lowest BCUT2D eigenvalue weighted by Crippen LogP contribution is -2.35. The molecule has 0 aromatic rings. The Morgan fingerprint density at radius 2 is 2.10 bits per heavy atom. The van der Waals surface area contributed by atoms with Gasteiger partial charge >= 0.3 is 0 Å². The van der Waals surface area contributed by atoms with Gasteiger partial charge in [-0.3, -0.25) is 0 Å². The average molecular weight is 144 g/mol. The summed E-state index contributed by atoms with van der Waals surface area (Å²) in [5.41, 5.74) is 0. The molecule has 1 aliphatic rings. The molecule has 0 aromatic carbocycles. The van der Waals surface area contributed by atoms with Crippen LogP contribution < -0.4 is 0 Å². The minimum atomic E-state index is -0.457. The molecule has 0 atom stereocenters. The SMILES string of the molecule is C=CCC1OCC(O)CO1. The predicted octanol–water partition coefficient (Wildman–Crippen LogP) is 0.296. The molecule has 1 aliphatic heterocycles. The second kappa shape index (κ2) is 3.71. The molecule has 0 aromatic heterocycles. The summed E-state index contributed by atoms with van der Waals surface area (Å²) in [7, 11) is 0. The standard InChI is InChI=1S/C7H12O3/c1-2-3-7-9-4-6(8)5-10-7/h2,6-8H,1,3-5H2. The Labute approximate surface area is 60.3 Å². The molecule has 0 bridgehead atoms. The zero-order chi connectivity index (χ0) is 7.40. The van der Waals surface area contributed by atoms with Gasteiger partial charge in [0, 0.05) is 6.42 Å². The van der Waals surface area contributed by atoms with E-state index in [-0.39, 0.29) is 6.29 Å². The van der Waals surface area contributed by atoms with Crippen molar-refractivity contribution in [2.75, 3.05) is 13.2 Å². The van der Waals surface area contributed by atoms with E-state index in [0.29, 0.717) is 19.6 Å². The van der Waals surface area contributed by atoms with Crippen LogP contribution in [0.1, 0.15) is 6.42 Å². The van der Waals surface area contributed by atoms with E-state index in [1.807, 2.05) is 0 Å². The first-order valence-electron chi connectivity index (χ1n) is 3.35. The van der Waals surface area contributed by atoms with E-state index in [2.05, 4.69) is 6.58 Å². The van der Waals surface area contributed by atoms with Crippen LogP contribution in [0.15, 0.2) is 12.7 Å². The Balaban J connectivity index is 2.19. The zero-order valence-corrected chi connectivity index (χ0v) is 5.82. The molecule has 10 heavy (non-hydrogen) atoms. The van der Waals surface area contributed by atoms with Crippen LogP contribution in [-0.2, 0) is 9.47 Å². The van der Waals surface area contributed by atoms with E-state index in [0.717, 1.165) is 0 Å². The fourth-order valence-corrected chi connectivity index (χ4v) is 0.805. The second-order valence-electron chi connectivity index (χ2n) is 2.27. The maximum Gasteiger partial charge on any atom is 0.161 e. The summed E-state index contributed by atoms with van der Waals surface area (Å²) >= 11 is 0. The fourth-order valence-electron chi connectivity index (χ4n) is 0.805. The minimum Gasteiger partial charge on any atom is -0.388 e. The van der Waals surface area contributed by atoms with Gasteiger partial charge in [0.25, 0.3) is 0 Å². The van der Waals surface area contributed by atoms with E-state index < -0.39 is 6.10 Å². The first kappa shape index (κ1) is 7.72. The number of aliphatic hydroxyl groups is 1. The number of aliphatic hydroxyl groups excluding tert-OH is 1. The third-order valence-electron chi connectivity index (χ3n) is 1.31. The second-order valence-corrected chi connectivity index (χ2v) is 2.27. The van der Waals surface area contributed by atoms with E-state index in [1.54, 1.807) is 6.08 Å². The molecule has 0 amide bonds. The van der Waals surface area contributed by atoms with Crippen molar-refractivity contribution >= 4 is 0 Å². The molecule has 0 aliphatic carbocycles. The lowest BCUT2D eigenvalue weighted by Gasteiger charge is -2.25. The normalized spacial score (nSPS) is 33.7. The number of hydrogen-bond donors (Lipinski definition) is 1. The molecule has 1 fully saturated rings. The highest BCUT2D eigenvalue weighted by atomic mass is 16.7. The first-order chi connectivity index (χ1) is 4.83. The molecule has 1 N–H and O–H groups in total. The average Bonchev–Trinajstić information content (AvgIpc) is 1.95. The maximum absolute atomic E-state index is 8.92. The van der Waals surface area contributed by atoms with Crippen molar-refractivity contribution in [2.45, 2.75) is 18.8 Å². The Kier molecular flexibility index (Phi) is 2.86. The molecule has 3 heteroatoms. The van der Waals surface area contributed by atoms with Gasteiger partial charge in [0.15, 0.2) is 6.29 Å². The maximum atomic E-state index is 8.92. The van der Waals surface area contributed by atoms with Crippen molar-refractivity contribution in [3.63, 3.8) is 0 Å². The van der Waals surface area contributed by atoms with E-state index >= 15 is 0 Å². The summed E-state index contributed by atoms with van der Waals surface area (Å²) in [6.45, 7) is 4.30. The van der Waals surface area contributed by atoms with Gasteiger partial charge in [-0.2, -0.15) is 0 Å². The van der Waals surface area contributed by atoms with Crippen molar-refractivity contribution in [3.8, 4) is 0 Å². The van der Waals surface area contributed by atoms with Crippen molar-refractivity contribution in [3.05, 3.63) is 12.7 Å². The van der Waals surface area contributed by atoms with Crippen LogP contribution in [0.3, 0.4) is 0 Å². The quantitative estimate of drug-likeness (QED) is 0.566. The molecule has 0 radical (unpaired) electrons. The van der Waals surface area contributed by atoms with Crippen LogP contribution in [-0.4, -0.2) is 30.7 Å². The number of ether oxygens (including phenoxy) is 2. The van der Waals surface area contributed by atoms with E-state index in [4.69, 9.17) is 14.6 Å². The lowest BCUT2D eigenvalue weighted by molar-refractivity contribution is -0.213. The summed E-state index contributed by atoms with van der Waals surface area (Å²) < 4.78 is 10.2. The molecule has 0 spiro atoms.